The van der Waals surface area contributed by atoms with Crippen LogP contribution in [0, 0.1) is 0 Å². The number of nitrogens with one attached hydrogen (secondary N) is 1. The quantitative estimate of drug-likeness (QED) is 0.787. The number of halogens is 1. The highest BCUT2D eigenvalue weighted by atomic mass is 35.5. The van der Waals surface area contributed by atoms with Crippen LogP contribution in [0.5, 0.6) is 0 Å². The van der Waals surface area contributed by atoms with Crippen LogP contribution in [-0.2, 0) is 6.54 Å². The number of nitrogens with zero attached hydrogens (tertiary/aromatic N) is 2. The van der Waals surface area contributed by atoms with E-state index in [1.165, 1.54) is 0 Å². The van der Waals surface area contributed by atoms with Crippen molar-refractivity contribution in [2.45, 2.75) is 6.54 Å². The molecule has 0 radical (unpaired) electrons. The van der Waals surface area contributed by atoms with Gasteiger partial charge in [-0.05, 0) is 29.8 Å². The van der Waals surface area contributed by atoms with Crippen LogP contribution in [0.3, 0.4) is 0 Å². The van der Waals surface area contributed by atoms with Gasteiger partial charge in [-0.3, -0.25) is 0 Å². The highest BCUT2D eigenvalue weighted by molar-refractivity contribution is 6.30. The molecule has 4 nitrogen and oxygen atoms in total. The van der Waals surface area contributed by atoms with Crippen LogP contribution >= 0.6 is 11.6 Å². The van der Waals surface area contributed by atoms with E-state index in [2.05, 4.69) is 15.3 Å². The second-order valence-corrected chi connectivity index (χ2v) is 4.67. The first kappa shape index (κ1) is 12.7. The molecule has 20 heavy (non-hydrogen) atoms. The second-order valence-electron chi connectivity index (χ2n) is 4.24. The van der Waals surface area contributed by atoms with Gasteiger partial charge in [-0.2, -0.15) is 0 Å². The van der Waals surface area contributed by atoms with Gasteiger partial charge in [-0.1, -0.05) is 23.7 Å². The maximum absolute atomic E-state index is 5.86. The van der Waals surface area contributed by atoms with Crippen molar-refractivity contribution in [1.29, 1.82) is 0 Å². The van der Waals surface area contributed by atoms with Crippen molar-refractivity contribution in [3.63, 3.8) is 0 Å². The summed E-state index contributed by atoms with van der Waals surface area (Å²) in [6.45, 7) is 0.563. The van der Waals surface area contributed by atoms with Crippen LogP contribution < -0.4 is 5.32 Å². The van der Waals surface area contributed by atoms with Crippen LogP contribution in [-0.4, -0.2) is 9.97 Å². The summed E-state index contributed by atoms with van der Waals surface area (Å²) in [5.41, 5.74) is 1.98. The zero-order chi connectivity index (χ0) is 13.8. The number of aromatic nitrogens is 2. The van der Waals surface area contributed by atoms with Gasteiger partial charge in [0, 0.05) is 23.0 Å². The Balaban J connectivity index is 1.69. The third-order valence-corrected chi connectivity index (χ3v) is 3.08. The molecule has 0 unspecified atom stereocenters. The largest absolute Gasteiger partial charge is 0.467 e. The molecule has 0 saturated heterocycles. The summed E-state index contributed by atoms with van der Waals surface area (Å²) < 4.78 is 5.23. The maximum atomic E-state index is 5.86. The normalized spacial score (nSPS) is 10.4. The van der Waals surface area contributed by atoms with E-state index in [4.69, 9.17) is 16.0 Å². The molecule has 0 atom stereocenters. The molecule has 100 valence electrons. The molecule has 0 amide bonds. The highest BCUT2D eigenvalue weighted by Crippen LogP contribution is 2.20. The minimum atomic E-state index is 0.563. The summed E-state index contributed by atoms with van der Waals surface area (Å²) in [6.07, 6.45) is 5.20. The first-order chi connectivity index (χ1) is 9.81. The summed E-state index contributed by atoms with van der Waals surface area (Å²) in [5, 5.41) is 3.81. The first-order valence-corrected chi connectivity index (χ1v) is 6.53. The molecule has 3 aromatic rings. The van der Waals surface area contributed by atoms with Crippen molar-refractivity contribution in [2.24, 2.45) is 0 Å². The van der Waals surface area contributed by atoms with Gasteiger partial charge in [-0.15, -0.1) is 0 Å². The molecule has 0 aliphatic rings. The minimum absolute atomic E-state index is 0.563. The lowest BCUT2D eigenvalue weighted by molar-refractivity contribution is 0.517. The Morgan fingerprint density at radius 1 is 1.00 bits per heavy atom. The third-order valence-electron chi connectivity index (χ3n) is 2.83. The zero-order valence-corrected chi connectivity index (χ0v) is 11.3. The lowest BCUT2D eigenvalue weighted by Gasteiger charge is -2.04. The first-order valence-electron chi connectivity index (χ1n) is 6.15. The fraction of sp³-hybridized carbons (Fsp3) is 0.0667. The number of hydrogen-bond donors (Lipinski definition) is 1. The van der Waals surface area contributed by atoms with Gasteiger partial charge >= 0.3 is 0 Å². The van der Waals surface area contributed by atoms with Gasteiger partial charge in [0.15, 0.2) is 0 Å². The molecule has 0 spiro atoms. The molecule has 0 fully saturated rings. The predicted octanol–water partition coefficient (Wildman–Crippen LogP) is 4.00. The van der Waals surface area contributed by atoms with Gasteiger partial charge in [0.05, 0.1) is 12.8 Å². The summed E-state index contributed by atoms with van der Waals surface area (Å²) in [7, 11) is 0. The van der Waals surface area contributed by atoms with Crippen molar-refractivity contribution in [2.75, 3.05) is 5.32 Å². The van der Waals surface area contributed by atoms with E-state index >= 15 is 0 Å². The molecule has 1 N–H and O–H groups in total. The van der Waals surface area contributed by atoms with Crippen molar-refractivity contribution in [1.82, 2.24) is 9.97 Å². The number of benzene rings is 1. The molecular formula is C15H12ClN3O. The highest BCUT2D eigenvalue weighted by Gasteiger charge is 2.01. The molecule has 5 heteroatoms. The molecule has 2 heterocycles. The monoisotopic (exact) mass is 285 g/mol. The molecule has 2 aromatic heterocycles. The molecule has 0 aliphatic heterocycles. The van der Waals surface area contributed by atoms with Gasteiger partial charge in [0.1, 0.15) is 5.76 Å². The second kappa shape index (κ2) is 5.75. The third kappa shape index (κ3) is 2.97. The Morgan fingerprint density at radius 3 is 2.40 bits per heavy atom. The van der Waals surface area contributed by atoms with E-state index < -0.39 is 0 Å². The summed E-state index contributed by atoms with van der Waals surface area (Å²) in [4.78, 5) is 8.56. The standard InChI is InChI=1S/C15H12ClN3O/c16-13-5-3-11(4-6-13)12-8-17-15(18-9-12)19-10-14-2-1-7-20-14/h1-9H,10H2,(H,17,18,19). The Labute approximate surface area is 121 Å². The van der Waals surface area contributed by atoms with Crippen molar-refractivity contribution in [3.05, 3.63) is 65.8 Å². The maximum Gasteiger partial charge on any atom is 0.222 e. The topological polar surface area (TPSA) is 51.0 Å². The van der Waals surface area contributed by atoms with E-state index in [0.29, 0.717) is 17.5 Å². The summed E-state index contributed by atoms with van der Waals surface area (Å²) >= 11 is 5.86. The number of furan rings is 1. The Bertz CT molecular complexity index is 663. The van der Waals surface area contributed by atoms with Crippen LogP contribution in [0.2, 0.25) is 5.02 Å². The van der Waals surface area contributed by atoms with Gasteiger partial charge < -0.3 is 9.73 Å². The zero-order valence-electron chi connectivity index (χ0n) is 10.6. The minimum Gasteiger partial charge on any atom is -0.467 e. The molecule has 0 aliphatic carbocycles. The van der Waals surface area contributed by atoms with Crippen molar-refractivity contribution in [3.8, 4) is 11.1 Å². The summed E-state index contributed by atoms with van der Waals surface area (Å²) in [6, 6.07) is 11.3. The Morgan fingerprint density at radius 2 is 1.75 bits per heavy atom. The molecular weight excluding hydrogens is 274 g/mol. The van der Waals surface area contributed by atoms with Gasteiger partial charge in [0.25, 0.3) is 0 Å². The van der Waals surface area contributed by atoms with Crippen molar-refractivity contribution < 1.29 is 4.42 Å². The lowest BCUT2D eigenvalue weighted by Crippen LogP contribution is -2.02. The van der Waals surface area contributed by atoms with Crippen LogP contribution in [0.4, 0.5) is 5.95 Å². The van der Waals surface area contributed by atoms with E-state index in [1.807, 2.05) is 36.4 Å². The average molecular weight is 286 g/mol. The van der Waals surface area contributed by atoms with Crippen LogP contribution in [0.25, 0.3) is 11.1 Å². The van der Waals surface area contributed by atoms with E-state index in [-0.39, 0.29) is 0 Å². The SMILES string of the molecule is Clc1ccc(-c2cnc(NCc3ccco3)nc2)cc1. The number of rotatable bonds is 4. The fourth-order valence-corrected chi connectivity index (χ4v) is 1.92. The number of hydrogen-bond acceptors (Lipinski definition) is 4. The smallest absolute Gasteiger partial charge is 0.222 e. The Kier molecular flexibility index (Phi) is 3.65. The number of anilines is 1. The predicted molar refractivity (Wildman–Crippen MR) is 78.5 cm³/mol. The molecule has 0 saturated carbocycles. The van der Waals surface area contributed by atoms with E-state index in [1.54, 1.807) is 18.7 Å². The molecule has 0 bridgehead atoms. The molecule has 3 rings (SSSR count). The van der Waals surface area contributed by atoms with Gasteiger partial charge in [0.2, 0.25) is 5.95 Å². The fourth-order valence-electron chi connectivity index (χ4n) is 1.79. The average Bonchev–Trinajstić information content (AvgIpc) is 3.00. The van der Waals surface area contributed by atoms with E-state index in [9.17, 15) is 0 Å². The summed E-state index contributed by atoms with van der Waals surface area (Å²) in [5.74, 6) is 1.41. The Hall–Kier alpha value is -2.33. The van der Waals surface area contributed by atoms with Crippen molar-refractivity contribution >= 4 is 17.5 Å². The van der Waals surface area contributed by atoms with Crippen LogP contribution in [0.1, 0.15) is 5.76 Å². The van der Waals surface area contributed by atoms with Crippen LogP contribution in [0.15, 0.2) is 59.5 Å². The molecule has 1 aromatic carbocycles. The van der Waals surface area contributed by atoms with Gasteiger partial charge in [-0.25, -0.2) is 9.97 Å². The van der Waals surface area contributed by atoms with E-state index in [0.717, 1.165) is 16.9 Å². The lowest BCUT2D eigenvalue weighted by atomic mass is 10.1.